The molecule has 0 bridgehead atoms. The van der Waals surface area contributed by atoms with Gasteiger partial charge in [-0.1, -0.05) is 40.5 Å². The highest BCUT2D eigenvalue weighted by Crippen LogP contribution is 2.45. The van der Waals surface area contributed by atoms with E-state index in [0.717, 1.165) is 12.3 Å². The molecule has 14 heavy (non-hydrogen) atoms. The zero-order chi connectivity index (χ0) is 10.8. The van der Waals surface area contributed by atoms with E-state index in [1.165, 1.54) is 19.3 Å². The van der Waals surface area contributed by atoms with Crippen LogP contribution in [0.3, 0.4) is 0 Å². The van der Waals surface area contributed by atoms with E-state index in [0.29, 0.717) is 23.5 Å². The second-order valence-corrected chi connectivity index (χ2v) is 5.56. The lowest BCUT2D eigenvalue weighted by Crippen LogP contribution is -2.35. The van der Waals surface area contributed by atoms with Crippen LogP contribution in [0.5, 0.6) is 0 Å². The van der Waals surface area contributed by atoms with Crippen LogP contribution in [0.2, 0.25) is 0 Å². The number of rotatable bonds is 3. The Morgan fingerprint density at radius 3 is 2.57 bits per heavy atom. The van der Waals surface area contributed by atoms with E-state index in [4.69, 9.17) is 0 Å². The quantitative estimate of drug-likeness (QED) is 0.670. The molecule has 0 aliphatic heterocycles. The molecule has 0 N–H and O–H groups in total. The van der Waals surface area contributed by atoms with Gasteiger partial charge in [-0.2, -0.15) is 0 Å². The molecule has 0 heterocycles. The van der Waals surface area contributed by atoms with Crippen LogP contribution in [0.4, 0.5) is 0 Å². The third kappa shape index (κ3) is 2.59. The van der Waals surface area contributed by atoms with Gasteiger partial charge in [-0.05, 0) is 23.7 Å². The minimum Gasteiger partial charge on any atom is -0.300 e. The molecule has 1 fully saturated rings. The molecule has 0 spiro atoms. The Kier molecular flexibility index (Phi) is 3.74. The van der Waals surface area contributed by atoms with E-state index in [9.17, 15) is 4.79 Å². The molecule has 0 aromatic carbocycles. The molecule has 82 valence electrons. The van der Waals surface area contributed by atoms with Crippen molar-refractivity contribution in [2.75, 3.05) is 0 Å². The molecule has 1 rings (SSSR count). The van der Waals surface area contributed by atoms with Crippen LogP contribution in [0.1, 0.15) is 59.8 Å². The van der Waals surface area contributed by atoms with E-state index in [1.807, 2.05) is 6.92 Å². The summed E-state index contributed by atoms with van der Waals surface area (Å²) in [6.45, 7) is 8.95. The van der Waals surface area contributed by atoms with E-state index in [-0.39, 0.29) is 0 Å². The molecule has 0 saturated heterocycles. The molecular formula is C13H24O. The van der Waals surface area contributed by atoms with Crippen molar-refractivity contribution in [3.8, 4) is 0 Å². The first-order valence-corrected chi connectivity index (χ1v) is 5.99. The van der Waals surface area contributed by atoms with Gasteiger partial charge in [-0.3, -0.25) is 4.79 Å². The fourth-order valence-electron chi connectivity index (χ4n) is 2.90. The third-order valence-electron chi connectivity index (χ3n) is 4.01. The Labute approximate surface area is 88.3 Å². The first-order valence-electron chi connectivity index (χ1n) is 5.99. The van der Waals surface area contributed by atoms with Crippen molar-refractivity contribution >= 4 is 5.78 Å². The number of carbonyl (C=O) groups excluding carboxylic acids is 1. The maximum Gasteiger partial charge on any atom is 0.132 e. The Balaban J connectivity index is 2.65. The summed E-state index contributed by atoms with van der Waals surface area (Å²) in [5.41, 5.74) is 0.377. The van der Waals surface area contributed by atoms with Crippen LogP contribution in [-0.4, -0.2) is 5.78 Å². The molecule has 2 unspecified atom stereocenters. The van der Waals surface area contributed by atoms with E-state index >= 15 is 0 Å². The second-order valence-electron chi connectivity index (χ2n) is 5.56. The molecule has 1 nitrogen and oxygen atoms in total. The van der Waals surface area contributed by atoms with Gasteiger partial charge >= 0.3 is 0 Å². The van der Waals surface area contributed by atoms with Crippen molar-refractivity contribution in [2.24, 2.45) is 17.3 Å². The van der Waals surface area contributed by atoms with Crippen molar-refractivity contribution in [3.63, 3.8) is 0 Å². The Hall–Kier alpha value is -0.330. The maximum absolute atomic E-state index is 11.5. The van der Waals surface area contributed by atoms with Crippen molar-refractivity contribution in [3.05, 3.63) is 0 Å². The van der Waals surface area contributed by atoms with Gasteiger partial charge in [0.2, 0.25) is 0 Å². The first-order chi connectivity index (χ1) is 6.47. The molecule has 1 saturated carbocycles. The Morgan fingerprint density at radius 1 is 1.43 bits per heavy atom. The fourth-order valence-corrected chi connectivity index (χ4v) is 2.90. The maximum atomic E-state index is 11.5. The smallest absolute Gasteiger partial charge is 0.132 e. The molecule has 1 aliphatic rings. The Morgan fingerprint density at radius 2 is 2.07 bits per heavy atom. The minimum atomic E-state index is 0.377. The van der Waals surface area contributed by atoms with Gasteiger partial charge in [0.05, 0.1) is 0 Å². The normalized spacial score (nSPS) is 31.4. The van der Waals surface area contributed by atoms with Crippen molar-refractivity contribution in [1.82, 2.24) is 0 Å². The standard InChI is InChI=1S/C13H24O/c1-5-11(14)9-12-10(2)7-6-8-13(12,3)4/h10,12H,5-9H2,1-4H3. The third-order valence-corrected chi connectivity index (χ3v) is 4.01. The van der Waals surface area contributed by atoms with E-state index in [2.05, 4.69) is 20.8 Å². The van der Waals surface area contributed by atoms with Crippen LogP contribution in [-0.2, 0) is 4.79 Å². The predicted octanol–water partition coefficient (Wildman–Crippen LogP) is 3.82. The number of hydrogen-bond acceptors (Lipinski definition) is 1. The van der Waals surface area contributed by atoms with Crippen molar-refractivity contribution < 1.29 is 4.79 Å². The summed E-state index contributed by atoms with van der Waals surface area (Å²) in [5.74, 6) is 1.79. The topological polar surface area (TPSA) is 17.1 Å². The van der Waals surface area contributed by atoms with Gasteiger partial charge in [0.1, 0.15) is 5.78 Å². The number of Topliss-reactive ketones (excluding diaryl/α,β-unsaturated/α-hetero) is 1. The van der Waals surface area contributed by atoms with Crippen LogP contribution < -0.4 is 0 Å². The van der Waals surface area contributed by atoms with Crippen LogP contribution >= 0.6 is 0 Å². The molecule has 0 amide bonds. The van der Waals surface area contributed by atoms with Gasteiger partial charge in [0.25, 0.3) is 0 Å². The largest absolute Gasteiger partial charge is 0.300 e. The Bertz CT molecular complexity index is 205. The lowest BCUT2D eigenvalue weighted by Gasteiger charge is -2.42. The summed E-state index contributed by atoms with van der Waals surface area (Å²) >= 11 is 0. The highest BCUT2D eigenvalue weighted by atomic mass is 16.1. The second kappa shape index (κ2) is 4.46. The molecule has 2 atom stereocenters. The molecule has 1 aliphatic carbocycles. The predicted molar refractivity (Wildman–Crippen MR) is 60.2 cm³/mol. The first kappa shape index (κ1) is 11.7. The van der Waals surface area contributed by atoms with Gasteiger partial charge < -0.3 is 0 Å². The number of carbonyl (C=O) groups is 1. The molecule has 1 heteroatoms. The summed E-state index contributed by atoms with van der Waals surface area (Å²) in [6, 6.07) is 0. The summed E-state index contributed by atoms with van der Waals surface area (Å²) in [5, 5.41) is 0. The summed E-state index contributed by atoms with van der Waals surface area (Å²) in [7, 11) is 0. The lowest BCUT2D eigenvalue weighted by molar-refractivity contribution is -0.121. The molecule has 0 aromatic heterocycles. The van der Waals surface area contributed by atoms with Gasteiger partial charge in [0, 0.05) is 12.8 Å². The highest BCUT2D eigenvalue weighted by Gasteiger charge is 2.37. The van der Waals surface area contributed by atoms with Crippen LogP contribution in [0.15, 0.2) is 0 Å². The summed E-state index contributed by atoms with van der Waals surface area (Å²) in [4.78, 5) is 11.5. The zero-order valence-electron chi connectivity index (χ0n) is 10.1. The van der Waals surface area contributed by atoms with Crippen LogP contribution in [0, 0.1) is 17.3 Å². The lowest BCUT2D eigenvalue weighted by atomic mass is 9.62. The average Bonchev–Trinajstić information content (AvgIpc) is 2.11. The van der Waals surface area contributed by atoms with Crippen LogP contribution in [0.25, 0.3) is 0 Å². The monoisotopic (exact) mass is 196 g/mol. The summed E-state index contributed by atoms with van der Waals surface area (Å²) < 4.78 is 0. The van der Waals surface area contributed by atoms with Gasteiger partial charge in [-0.25, -0.2) is 0 Å². The average molecular weight is 196 g/mol. The number of ketones is 1. The minimum absolute atomic E-state index is 0.377. The van der Waals surface area contributed by atoms with Gasteiger partial charge in [0.15, 0.2) is 0 Å². The molecular weight excluding hydrogens is 172 g/mol. The molecule has 0 aromatic rings. The highest BCUT2D eigenvalue weighted by molar-refractivity contribution is 5.78. The zero-order valence-corrected chi connectivity index (χ0v) is 10.1. The van der Waals surface area contributed by atoms with Crippen molar-refractivity contribution in [2.45, 2.75) is 59.8 Å². The number of hydrogen-bond donors (Lipinski definition) is 0. The fraction of sp³-hybridized carbons (Fsp3) is 0.923. The van der Waals surface area contributed by atoms with Crippen molar-refractivity contribution in [1.29, 1.82) is 0 Å². The molecule has 0 radical (unpaired) electrons. The van der Waals surface area contributed by atoms with Gasteiger partial charge in [-0.15, -0.1) is 0 Å². The summed E-state index contributed by atoms with van der Waals surface area (Å²) in [6.07, 6.45) is 5.46. The van der Waals surface area contributed by atoms with E-state index in [1.54, 1.807) is 0 Å². The van der Waals surface area contributed by atoms with E-state index < -0.39 is 0 Å². The SMILES string of the molecule is CCC(=O)CC1C(C)CCCC1(C)C.